The number of anilines is 2. The van der Waals surface area contributed by atoms with Crippen molar-refractivity contribution in [3.63, 3.8) is 0 Å². The average molecular weight is 305 g/mol. The van der Waals surface area contributed by atoms with E-state index in [0.29, 0.717) is 11.5 Å². The van der Waals surface area contributed by atoms with Crippen LogP contribution in [0.25, 0.3) is 0 Å². The highest BCUT2D eigenvalue weighted by atomic mass is 32.2. The van der Waals surface area contributed by atoms with Crippen molar-refractivity contribution in [3.8, 4) is 0 Å². The first-order valence-electron chi connectivity index (χ1n) is 6.80. The third-order valence-corrected chi connectivity index (χ3v) is 4.27. The van der Waals surface area contributed by atoms with Crippen LogP contribution in [0.1, 0.15) is 18.9 Å². The summed E-state index contributed by atoms with van der Waals surface area (Å²) in [5, 5.41) is 3.10. The van der Waals surface area contributed by atoms with Gasteiger partial charge in [-0.25, -0.2) is 13.4 Å². The van der Waals surface area contributed by atoms with Crippen LogP contribution in [0.5, 0.6) is 0 Å². The van der Waals surface area contributed by atoms with Crippen molar-refractivity contribution in [2.24, 2.45) is 0 Å². The van der Waals surface area contributed by atoms with E-state index in [9.17, 15) is 8.42 Å². The lowest BCUT2D eigenvalue weighted by atomic mass is 10.2. The van der Waals surface area contributed by atoms with Gasteiger partial charge < -0.3 is 5.32 Å². The summed E-state index contributed by atoms with van der Waals surface area (Å²) in [6.07, 6.45) is 2.34. The molecule has 0 saturated carbocycles. The smallest absolute Gasteiger partial charge is 0.263 e. The number of hydrogen-bond acceptors (Lipinski definition) is 4. The summed E-state index contributed by atoms with van der Waals surface area (Å²) in [7, 11) is -3.60. The van der Waals surface area contributed by atoms with E-state index in [1.165, 1.54) is 6.20 Å². The molecule has 1 aromatic heterocycles. The molecule has 0 aliphatic rings. The average Bonchev–Trinajstić information content (AvgIpc) is 2.48. The van der Waals surface area contributed by atoms with Crippen molar-refractivity contribution in [1.82, 2.24) is 4.98 Å². The maximum absolute atomic E-state index is 12.2. The zero-order valence-electron chi connectivity index (χ0n) is 12.1. The second-order valence-electron chi connectivity index (χ2n) is 4.78. The minimum atomic E-state index is -3.60. The molecule has 112 valence electrons. The normalized spacial score (nSPS) is 11.1. The van der Waals surface area contributed by atoms with E-state index in [0.717, 1.165) is 18.5 Å². The van der Waals surface area contributed by atoms with Gasteiger partial charge in [0.25, 0.3) is 10.0 Å². The van der Waals surface area contributed by atoms with E-state index in [2.05, 4.69) is 21.9 Å². The highest BCUT2D eigenvalue weighted by Crippen LogP contribution is 2.17. The predicted molar refractivity (Wildman–Crippen MR) is 85.0 cm³/mol. The predicted octanol–water partition coefficient (Wildman–Crippen LogP) is 3.01. The second-order valence-corrected chi connectivity index (χ2v) is 6.46. The Hall–Kier alpha value is -2.08. The molecule has 21 heavy (non-hydrogen) atoms. The first kappa shape index (κ1) is 15.3. The monoisotopic (exact) mass is 305 g/mol. The number of pyridine rings is 1. The lowest BCUT2D eigenvalue weighted by Crippen LogP contribution is -2.13. The van der Waals surface area contributed by atoms with Crippen LogP contribution in [0.4, 0.5) is 11.5 Å². The maximum Gasteiger partial charge on any atom is 0.263 e. The number of aromatic nitrogens is 1. The van der Waals surface area contributed by atoms with Crippen molar-refractivity contribution < 1.29 is 8.42 Å². The molecule has 0 unspecified atom stereocenters. The number of hydrogen-bond donors (Lipinski definition) is 2. The molecule has 0 aliphatic carbocycles. The van der Waals surface area contributed by atoms with Crippen LogP contribution in [0.3, 0.4) is 0 Å². The van der Waals surface area contributed by atoms with Crippen molar-refractivity contribution in [2.45, 2.75) is 25.2 Å². The van der Waals surface area contributed by atoms with Gasteiger partial charge in [0.1, 0.15) is 10.7 Å². The zero-order valence-corrected chi connectivity index (χ0v) is 12.9. The van der Waals surface area contributed by atoms with E-state index in [1.807, 2.05) is 19.1 Å². The SMILES string of the molecule is CCCNc1ccc(S(=O)(=O)Nc2ccc(C)cc2)cn1. The van der Waals surface area contributed by atoms with E-state index in [4.69, 9.17) is 0 Å². The Balaban J connectivity index is 2.13. The van der Waals surface area contributed by atoms with Gasteiger partial charge in [-0.1, -0.05) is 24.6 Å². The lowest BCUT2D eigenvalue weighted by Gasteiger charge is -2.09. The minimum absolute atomic E-state index is 0.144. The van der Waals surface area contributed by atoms with Gasteiger partial charge in [0.2, 0.25) is 0 Å². The van der Waals surface area contributed by atoms with Crippen molar-refractivity contribution in [2.75, 3.05) is 16.6 Å². The Morgan fingerprint density at radius 3 is 2.38 bits per heavy atom. The fraction of sp³-hybridized carbons (Fsp3) is 0.267. The van der Waals surface area contributed by atoms with Crippen LogP contribution in [0.2, 0.25) is 0 Å². The first-order valence-corrected chi connectivity index (χ1v) is 8.29. The van der Waals surface area contributed by atoms with Gasteiger partial charge in [-0.05, 0) is 37.6 Å². The topological polar surface area (TPSA) is 71.1 Å². The molecule has 0 spiro atoms. The molecule has 0 amide bonds. The molecule has 0 aliphatic heterocycles. The Morgan fingerprint density at radius 2 is 1.81 bits per heavy atom. The molecule has 0 atom stereocenters. The standard InChI is InChI=1S/C15H19N3O2S/c1-3-10-16-15-9-8-14(11-17-15)21(19,20)18-13-6-4-12(2)5-7-13/h4-9,11,18H,3,10H2,1-2H3,(H,16,17). The summed E-state index contributed by atoms with van der Waals surface area (Å²) in [6, 6.07) is 10.4. The summed E-state index contributed by atoms with van der Waals surface area (Å²) in [5.41, 5.74) is 1.61. The first-order chi connectivity index (χ1) is 10.0. The highest BCUT2D eigenvalue weighted by Gasteiger charge is 2.14. The quantitative estimate of drug-likeness (QED) is 0.860. The maximum atomic E-state index is 12.2. The molecule has 0 bridgehead atoms. The van der Waals surface area contributed by atoms with E-state index in [-0.39, 0.29) is 4.90 Å². The number of rotatable bonds is 6. The molecule has 1 aromatic carbocycles. The third-order valence-electron chi connectivity index (χ3n) is 2.91. The highest BCUT2D eigenvalue weighted by molar-refractivity contribution is 7.92. The van der Waals surface area contributed by atoms with Crippen molar-refractivity contribution >= 4 is 21.5 Å². The van der Waals surface area contributed by atoms with E-state index in [1.54, 1.807) is 24.3 Å². The van der Waals surface area contributed by atoms with Crippen molar-refractivity contribution in [1.29, 1.82) is 0 Å². The molecule has 0 saturated heterocycles. The molecule has 0 fully saturated rings. The van der Waals surface area contributed by atoms with Crippen molar-refractivity contribution in [3.05, 3.63) is 48.2 Å². The molecule has 5 nitrogen and oxygen atoms in total. The van der Waals surface area contributed by atoms with Gasteiger partial charge >= 0.3 is 0 Å². The molecular formula is C15H19N3O2S. The fourth-order valence-electron chi connectivity index (χ4n) is 1.73. The molecule has 6 heteroatoms. The van der Waals surface area contributed by atoms with Crippen LogP contribution in [0, 0.1) is 6.92 Å². The molecule has 2 aromatic rings. The largest absolute Gasteiger partial charge is 0.370 e. The van der Waals surface area contributed by atoms with Crippen LogP contribution < -0.4 is 10.0 Å². The number of sulfonamides is 1. The van der Waals surface area contributed by atoms with Gasteiger partial charge in [-0.2, -0.15) is 0 Å². The van der Waals surface area contributed by atoms with Gasteiger partial charge in [0.15, 0.2) is 0 Å². The third kappa shape index (κ3) is 4.19. The van der Waals surface area contributed by atoms with Crippen LogP contribution in [-0.2, 0) is 10.0 Å². The minimum Gasteiger partial charge on any atom is -0.370 e. The summed E-state index contributed by atoms with van der Waals surface area (Å²) in [4.78, 5) is 4.25. The summed E-state index contributed by atoms with van der Waals surface area (Å²) < 4.78 is 27.0. The van der Waals surface area contributed by atoms with Crippen LogP contribution in [0.15, 0.2) is 47.5 Å². The van der Waals surface area contributed by atoms with E-state index < -0.39 is 10.0 Å². The summed E-state index contributed by atoms with van der Waals surface area (Å²) >= 11 is 0. The Kier molecular flexibility index (Phi) is 4.80. The second kappa shape index (κ2) is 6.58. The molecular weight excluding hydrogens is 286 g/mol. The van der Waals surface area contributed by atoms with E-state index >= 15 is 0 Å². The number of benzene rings is 1. The summed E-state index contributed by atoms with van der Waals surface area (Å²) in [5.74, 6) is 0.672. The van der Waals surface area contributed by atoms with Gasteiger partial charge in [-0.15, -0.1) is 0 Å². The van der Waals surface area contributed by atoms with Gasteiger partial charge in [0.05, 0.1) is 0 Å². The Morgan fingerprint density at radius 1 is 1.10 bits per heavy atom. The van der Waals surface area contributed by atoms with Gasteiger partial charge in [-0.3, -0.25) is 4.72 Å². The Labute approximate surface area is 125 Å². The Bertz CT molecular complexity index is 680. The fourth-order valence-corrected chi connectivity index (χ4v) is 2.74. The molecule has 1 heterocycles. The molecule has 0 radical (unpaired) electrons. The number of aryl methyl sites for hydroxylation is 1. The number of nitrogens with one attached hydrogen (secondary N) is 2. The molecule has 2 N–H and O–H groups in total. The lowest BCUT2D eigenvalue weighted by molar-refractivity contribution is 0.601. The van der Waals surface area contributed by atoms with Crippen LogP contribution >= 0.6 is 0 Å². The summed E-state index contributed by atoms with van der Waals surface area (Å²) in [6.45, 7) is 4.81. The molecule has 2 rings (SSSR count). The number of nitrogens with zero attached hydrogens (tertiary/aromatic N) is 1. The zero-order chi connectivity index (χ0) is 15.3. The van der Waals surface area contributed by atoms with Crippen LogP contribution in [-0.4, -0.2) is 19.9 Å². The van der Waals surface area contributed by atoms with Gasteiger partial charge in [0, 0.05) is 18.4 Å².